The number of amides is 1. The molecule has 1 aromatic carbocycles. The predicted molar refractivity (Wildman–Crippen MR) is 66.3 cm³/mol. The molecule has 0 spiro atoms. The first-order chi connectivity index (χ1) is 7.88. The molecule has 3 N–H and O–H groups in total. The molecule has 5 nitrogen and oxygen atoms in total. The molecule has 0 radical (unpaired) electrons. The smallest absolute Gasteiger partial charge is 0.235 e. The summed E-state index contributed by atoms with van der Waals surface area (Å²) in [5.41, 5.74) is 6.60. The number of benzene rings is 1. The highest BCUT2D eigenvalue weighted by molar-refractivity contribution is 7.92. The van der Waals surface area contributed by atoms with Crippen molar-refractivity contribution in [3.63, 3.8) is 0 Å². The Kier molecular flexibility index (Phi) is 4.11. The number of hydrogen-bond acceptors (Lipinski definition) is 4. The van der Waals surface area contributed by atoms with E-state index in [2.05, 4.69) is 5.32 Å². The van der Waals surface area contributed by atoms with Crippen molar-refractivity contribution in [2.75, 3.05) is 18.0 Å². The third kappa shape index (κ3) is 3.20. The van der Waals surface area contributed by atoms with E-state index in [0.717, 1.165) is 0 Å². The number of hydrogen-bond donors (Lipinski definition) is 2. The number of rotatable bonds is 4. The maximum absolute atomic E-state index is 11.9. The number of nitrogen functional groups attached to an aromatic ring is 1. The van der Waals surface area contributed by atoms with E-state index in [1.54, 1.807) is 26.0 Å². The fraction of sp³-hybridized carbons (Fsp3) is 0.364. The number of para-hydroxylation sites is 1. The van der Waals surface area contributed by atoms with Gasteiger partial charge in [-0.2, -0.15) is 0 Å². The third-order valence-corrected chi connectivity index (χ3v) is 3.98. The first-order valence-corrected chi connectivity index (χ1v) is 6.88. The van der Waals surface area contributed by atoms with Gasteiger partial charge < -0.3 is 11.1 Å². The molecule has 1 aromatic rings. The van der Waals surface area contributed by atoms with Gasteiger partial charge in [0.2, 0.25) is 5.91 Å². The van der Waals surface area contributed by atoms with Gasteiger partial charge in [-0.25, -0.2) is 8.42 Å². The molecular formula is C11H16N2O3S. The van der Waals surface area contributed by atoms with E-state index in [1.165, 1.54) is 6.07 Å². The number of aryl methyl sites for hydroxylation is 1. The van der Waals surface area contributed by atoms with Crippen LogP contribution in [0.25, 0.3) is 0 Å². The zero-order valence-corrected chi connectivity index (χ0v) is 10.7. The van der Waals surface area contributed by atoms with E-state index in [9.17, 15) is 13.2 Å². The summed E-state index contributed by atoms with van der Waals surface area (Å²) in [6.07, 6.45) is 0. The lowest BCUT2D eigenvalue weighted by atomic mass is 10.2. The zero-order chi connectivity index (χ0) is 13.1. The number of anilines is 1. The van der Waals surface area contributed by atoms with Gasteiger partial charge in [0.05, 0.1) is 10.6 Å². The maximum atomic E-state index is 11.9. The summed E-state index contributed by atoms with van der Waals surface area (Å²) in [6, 6.07) is 4.74. The van der Waals surface area contributed by atoms with E-state index in [0.29, 0.717) is 12.1 Å². The molecule has 0 aromatic heterocycles. The maximum Gasteiger partial charge on any atom is 0.235 e. The molecule has 0 bridgehead atoms. The number of nitrogens with one attached hydrogen (secondary N) is 1. The fourth-order valence-electron chi connectivity index (χ4n) is 1.42. The van der Waals surface area contributed by atoms with Crippen LogP contribution in [0.3, 0.4) is 0 Å². The Hall–Kier alpha value is -1.56. The van der Waals surface area contributed by atoms with Crippen molar-refractivity contribution < 1.29 is 13.2 Å². The molecule has 0 aliphatic carbocycles. The van der Waals surface area contributed by atoms with Crippen LogP contribution in [0.4, 0.5) is 5.69 Å². The molecule has 0 aliphatic rings. The highest BCUT2D eigenvalue weighted by Crippen LogP contribution is 2.22. The van der Waals surface area contributed by atoms with Gasteiger partial charge in [0.15, 0.2) is 9.84 Å². The number of nitrogens with two attached hydrogens (primary N) is 1. The van der Waals surface area contributed by atoms with Gasteiger partial charge >= 0.3 is 0 Å². The second-order valence-corrected chi connectivity index (χ2v) is 5.66. The molecule has 0 saturated heterocycles. The molecule has 1 rings (SSSR count). The minimum Gasteiger partial charge on any atom is -0.397 e. The summed E-state index contributed by atoms with van der Waals surface area (Å²) >= 11 is 0. The molecule has 0 aliphatic heterocycles. The summed E-state index contributed by atoms with van der Waals surface area (Å²) in [5.74, 6) is -1.09. The molecule has 0 saturated carbocycles. The van der Waals surface area contributed by atoms with Gasteiger partial charge in [-0.05, 0) is 25.5 Å². The first-order valence-electron chi connectivity index (χ1n) is 5.23. The Balaban J connectivity index is 3.06. The van der Waals surface area contributed by atoms with Crippen LogP contribution >= 0.6 is 0 Å². The third-order valence-electron chi connectivity index (χ3n) is 2.31. The molecule has 0 atom stereocenters. The van der Waals surface area contributed by atoms with Crippen LogP contribution in [0.5, 0.6) is 0 Å². The Morgan fingerprint density at radius 3 is 2.65 bits per heavy atom. The molecule has 1 amide bonds. The van der Waals surface area contributed by atoms with Crippen molar-refractivity contribution in [3.8, 4) is 0 Å². The molecule has 0 heterocycles. The van der Waals surface area contributed by atoms with Crippen molar-refractivity contribution in [3.05, 3.63) is 23.8 Å². The lowest BCUT2D eigenvalue weighted by Crippen LogP contribution is -2.30. The van der Waals surface area contributed by atoms with Crippen molar-refractivity contribution in [2.24, 2.45) is 0 Å². The van der Waals surface area contributed by atoms with Crippen LogP contribution < -0.4 is 11.1 Å². The van der Waals surface area contributed by atoms with Gasteiger partial charge in [0.1, 0.15) is 5.75 Å². The van der Waals surface area contributed by atoms with Crippen LogP contribution in [0.1, 0.15) is 12.5 Å². The number of sulfone groups is 1. The predicted octanol–water partition coefficient (Wildman–Crippen LogP) is 0.487. The van der Waals surface area contributed by atoms with Gasteiger partial charge in [0.25, 0.3) is 0 Å². The van der Waals surface area contributed by atoms with Crippen LogP contribution in [-0.4, -0.2) is 26.6 Å². The van der Waals surface area contributed by atoms with E-state index < -0.39 is 21.5 Å². The summed E-state index contributed by atoms with van der Waals surface area (Å²) in [6.45, 7) is 3.85. The molecule has 17 heavy (non-hydrogen) atoms. The quantitative estimate of drug-likeness (QED) is 0.767. The second kappa shape index (κ2) is 5.18. The van der Waals surface area contributed by atoms with Crippen LogP contribution in [0, 0.1) is 6.92 Å². The van der Waals surface area contributed by atoms with E-state index in [-0.39, 0.29) is 10.6 Å². The standard InChI is InChI=1S/C11H16N2O3S/c1-3-13-10(14)7-17(15,16)9-6-4-5-8(2)11(9)12/h4-6H,3,7,12H2,1-2H3,(H,13,14). The molecule has 94 valence electrons. The van der Waals surface area contributed by atoms with Crippen molar-refractivity contribution in [2.45, 2.75) is 18.7 Å². The normalized spacial score (nSPS) is 11.2. The monoisotopic (exact) mass is 256 g/mol. The molecule has 0 fully saturated rings. The second-order valence-electron chi connectivity index (χ2n) is 3.70. The van der Waals surface area contributed by atoms with Crippen molar-refractivity contribution >= 4 is 21.4 Å². The lowest BCUT2D eigenvalue weighted by Gasteiger charge is -2.09. The summed E-state index contributed by atoms with van der Waals surface area (Å²) in [4.78, 5) is 11.3. The van der Waals surface area contributed by atoms with Gasteiger partial charge in [-0.3, -0.25) is 4.79 Å². The van der Waals surface area contributed by atoms with Gasteiger partial charge in [-0.1, -0.05) is 12.1 Å². The minimum absolute atomic E-state index is 0.0174. The van der Waals surface area contributed by atoms with Crippen LogP contribution in [0.2, 0.25) is 0 Å². The van der Waals surface area contributed by atoms with Crippen LogP contribution in [0.15, 0.2) is 23.1 Å². The van der Waals surface area contributed by atoms with Crippen molar-refractivity contribution in [1.82, 2.24) is 5.32 Å². The van der Waals surface area contributed by atoms with E-state index >= 15 is 0 Å². The SMILES string of the molecule is CCNC(=O)CS(=O)(=O)c1cccc(C)c1N. The summed E-state index contributed by atoms with van der Waals surface area (Å²) in [7, 11) is -3.67. The lowest BCUT2D eigenvalue weighted by molar-refractivity contribution is -0.118. The van der Waals surface area contributed by atoms with E-state index in [4.69, 9.17) is 5.73 Å². The summed E-state index contributed by atoms with van der Waals surface area (Å²) < 4.78 is 23.9. The summed E-state index contributed by atoms with van der Waals surface area (Å²) in [5, 5.41) is 2.45. The number of carbonyl (C=O) groups is 1. The van der Waals surface area contributed by atoms with Gasteiger partial charge in [0, 0.05) is 6.54 Å². The Morgan fingerprint density at radius 2 is 2.06 bits per heavy atom. The fourth-order valence-corrected chi connectivity index (χ4v) is 2.81. The Labute approximate surface area is 101 Å². The average Bonchev–Trinajstić information content (AvgIpc) is 2.21. The molecular weight excluding hydrogens is 240 g/mol. The molecule has 0 unspecified atom stereocenters. The average molecular weight is 256 g/mol. The van der Waals surface area contributed by atoms with E-state index in [1.807, 2.05) is 0 Å². The van der Waals surface area contributed by atoms with Gasteiger partial charge in [-0.15, -0.1) is 0 Å². The Morgan fingerprint density at radius 1 is 1.41 bits per heavy atom. The number of carbonyl (C=O) groups excluding carboxylic acids is 1. The zero-order valence-electron chi connectivity index (χ0n) is 9.86. The highest BCUT2D eigenvalue weighted by Gasteiger charge is 2.21. The topological polar surface area (TPSA) is 89.3 Å². The largest absolute Gasteiger partial charge is 0.397 e. The molecule has 6 heteroatoms. The van der Waals surface area contributed by atoms with Crippen molar-refractivity contribution in [1.29, 1.82) is 0 Å². The first kappa shape index (κ1) is 13.5. The Bertz CT molecular complexity index is 524. The minimum atomic E-state index is -3.67. The highest BCUT2D eigenvalue weighted by atomic mass is 32.2. The van der Waals surface area contributed by atoms with Crippen LogP contribution in [-0.2, 0) is 14.6 Å².